The lowest BCUT2D eigenvalue weighted by Crippen LogP contribution is -2.60. The first-order valence-corrected chi connectivity index (χ1v) is 7.46. The Morgan fingerprint density at radius 2 is 1.70 bits per heavy atom. The van der Waals surface area contributed by atoms with E-state index in [0.29, 0.717) is 0 Å². The summed E-state index contributed by atoms with van der Waals surface area (Å²) in [7, 11) is -1.95. The molecule has 0 bridgehead atoms. The van der Waals surface area contributed by atoms with Gasteiger partial charge in [0.15, 0.2) is 0 Å². The van der Waals surface area contributed by atoms with Crippen LogP contribution >= 0.6 is 0 Å². The van der Waals surface area contributed by atoms with E-state index >= 15 is 0 Å². The van der Waals surface area contributed by atoms with Crippen molar-refractivity contribution in [2.45, 2.75) is 63.9 Å². The molecule has 0 radical (unpaired) electrons. The normalized spacial score (nSPS) is 17.4. The van der Waals surface area contributed by atoms with E-state index in [4.69, 9.17) is 0 Å². The molecule has 0 aliphatic carbocycles. The van der Waals surface area contributed by atoms with Crippen molar-refractivity contribution >= 4 is 17.0 Å². The first-order valence-electron chi connectivity index (χ1n) is 6.31. The monoisotopic (exact) mass is 317 g/mol. The molecule has 0 spiro atoms. The number of hydrogen-bond acceptors (Lipinski definition) is 3. The summed E-state index contributed by atoms with van der Waals surface area (Å²) in [6, 6.07) is 0. The molecule has 0 saturated carbocycles. The van der Waals surface area contributed by atoms with Crippen LogP contribution in [-0.2, 0) is 20.5 Å². The van der Waals surface area contributed by atoms with Crippen molar-refractivity contribution < 1.29 is 26.9 Å². The predicted octanol–water partition coefficient (Wildman–Crippen LogP) is 2.70. The summed E-state index contributed by atoms with van der Waals surface area (Å²) in [5.41, 5.74) is -2.54. The molecule has 0 unspecified atom stereocenters. The number of esters is 1. The maximum atomic E-state index is 13.3. The van der Waals surface area contributed by atoms with Crippen LogP contribution in [0.5, 0.6) is 0 Å². The summed E-state index contributed by atoms with van der Waals surface area (Å²) in [5, 5.41) is 0. The second kappa shape index (κ2) is 6.89. The van der Waals surface area contributed by atoms with Crippen LogP contribution in [0.4, 0.5) is 13.2 Å². The Morgan fingerprint density at radius 3 is 2.00 bits per heavy atom. The largest absolute Gasteiger partial charge is 0.466 e. The maximum absolute atomic E-state index is 13.3. The Labute approximate surface area is 120 Å². The van der Waals surface area contributed by atoms with Crippen LogP contribution in [0.1, 0.15) is 47.5 Å². The lowest BCUT2D eigenvalue weighted by molar-refractivity contribution is -0.199. The topological polar surface area (TPSA) is 55.4 Å². The smallest absolute Gasteiger partial charge is 0.408 e. The van der Waals surface area contributed by atoms with Crippen LogP contribution in [0.3, 0.4) is 0 Å². The van der Waals surface area contributed by atoms with Crippen molar-refractivity contribution in [1.29, 1.82) is 0 Å². The number of nitrogens with one attached hydrogen (secondary N) is 1. The van der Waals surface area contributed by atoms with Crippen molar-refractivity contribution in [3.8, 4) is 0 Å². The maximum Gasteiger partial charge on any atom is 0.408 e. The summed E-state index contributed by atoms with van der Waals surface area (Å²) in [6.07, 6.45) is -6.03. The molecule has 0 aromatic rings. The van der Waals surface area contributed by atoms with Gasteiger partial charge in [-0.1, -0.05) is 6.92 Å². The number of alkyl halides is 3. The van der Waals surface area contributed by atoms with Gasteiger partial charge in [0.1, 0.15) is 5.54 Å². The Kier molecular flexibility index (Phi) is 6.67. The van der Waals surface area contributed by atoms with Crippen LogP contribution in [-0.4, -0.2) is 33.2 Å². The highest BCUT2D eigenvalue weighted by Gasteiger charge is 2.56. The van der Waals surface area contributed by atoms with E-state index in [0.717, 1.165) is 0 Å². The van der Waals surface area contributed by atoms with Gasteiger partial charge in [0.2, 0.25) is 0 Å². The lowest BCUT2D eigenvalue weighted by atomic mass is 9.92. The number of halogens is 3. The highest BCUT2D eigenvalue weighted by Crippen LogP contribution is 2.37. The van der Waals surface area contributed by atoms with E-state index in [9.17, 15) is 22.2 Å². The van der Waals surface area contributed by atoms with Crippen molar-refractivity contribution in [3.05, 3.63) is 0 Å². The van der Waals surface area contributed by atoms with E-state index in [1.807, 2.05) is 0 Å². The summed E-state index contributed by atoms with van der Waals surface area (Å²) < 4.78 is 57.7. The summed E-state index contributed by atoms with van der Waals surface area (Å²) in [4.78, 5) is 11.4. The van der Waals surface area contributed by atoms with Crippen molar-refractivity contribution in [2.24, 2.45) is 0 Å². The number of carbonyl (C=O) groups excluding carboxylic acids is 1. The number of carbonyl (C=O) groups is 1. The number of hydrogen-bond donors (Lipinski definition) is 1. The van der Waals surface area contributed by atoms with Crippen molar-refractivity contribution in [2.75, 3.05) is 6.61 Å². The van der Waals surface area contributed by atoms with Gasteiger partial charge >= 0.3 is 12.1 Å². The summed E-state index contributed by atoms with van der Waals surface area (Å²) >= 11 is 0. The minimum Gasteiger partial charge on any atom is -0.466 e. The lowest BCUT2D eigenvalue weighted by Gasteiger charge is -2.36. The minimum atomic E-state index is -4.71. The standard InChI is InChI=1S/C12H22F3NO3S/c1-6-11(12(13,14)15,8-9(17)19-7-2)16-20(18)10(3,4)5/h16H,6-8H2,1-5H3/t11-,20+/m1/s1. The fraction of sp³-hybridized carbons (Fsp3) is 0.917. The average molecular weight is 317 g/mol. The van der Waals surface area contributed by atoms with Crippen LogP contribution in [0.25, 0.3) is 0 Å². The van der Waals surface area contributed by atoms with Gasteiger partial charge in [-0.3, -0.25) is 4.79 Å². The fourth-order valence-corrected chi connectivity index (χ4v) is 2.37. The minimum absolute atomic E-state index is 0.00115. The average Bonchev–Trinajstić information content (AvgIpc) is 2.25. The van der Waals surface area contributed by atoms with Crippen LogP contribution in [0.2, 0.25) is 0 Å². The third-order valence-electron chi connectivity index (χ3n) is 2.74. The molecular weight excluding hydrogens is 295 g/mol. The van der Waals surface area contributed by atoms with Gasteiger partial charge in [0.05, 0.1) is 28.8 Å². The zero-order valence-corrected chi connectivity index (χ0v) is 13.2. The third kappa shape index (κ3) is 5.05. The molecule has 0 saturated heterocycles. The molecule has 0 aliphatic rings. The van der Waals surface area contributed by atoms with Gasteiger partial charge in [0, 0.05) is 0 Å². The SMILES string of the molecule is CCOC(=O)C[C@@](CC)(N[S@@](=O)C(C)(C)C)C(F)(F)F. The first kappa shape index (κ1) is 19.4. The Hall–Kier alpha value is -0.630. The van der Waals surface area contributed by atoms with Crippen molar-refractivity contribution in [1.82, 2.24) is 4.72 Å². The molecular formula is C12H22F3NO3S. The quantitative estimate of drug-likeness (QED) is 0.766. The molecule has 0 amide bonds. The van der Waals surface area contributed by atoms with E-state index in [-0.39, 0.29) is 6.61 Å². The van der Waals surface area contributed by atoms with Crippen molar-refractivity contribution in [3.63, 3.8) is 0 Å². The highest BCUT2D eigenvalue weighted by atomic mass is 32.2. The molecule has 0 fully saturated rings. The molecule has 0 heterocycles. The van der Waals surface area contributed by atoms with Gasteiger partial charge < -0.3 is 4.74 Å². The zero-order valence-electron chi connectivity index (χ0n) is 12.4. The van der Waals surface area contributed by atoms with Crippen LogP contribution in [0, 0.1) is 0 Å². The van der Waals surface area contributed by atoms with E-state index in [1.165, 1.54) is 13.8 Å². The fourth-order valence-electron chi connectivity index (χ4n) is 1.38. The predicted molar refractivity (Wildman–Crippen MR) is 71.4 cm³/mol. The third-order valence-corrected chi connectivity index (χ3v) is 4.43. The Balaban J connectivity index is 5.36. The van der Waals surface area contributed by atoms with Crippen LogP contribution < -0.4 is 4.72 Å². The molecule has 0 rings (SSSR count). The summed E-state index contributed by atoms with van der Waals surface area (Å²) in [5.74, 6) is -0.968. The van der Waals surface area contributed by atoms with E-state index < -0.39 is 46.3 Å². The van der Waals surface area contributed by atoms with Gasteiger partial charge in [0.25, 0.3) is 0 Å². The zero-order chi connectivity index (χ0) is 16.2. The summed E-state index contributed by atoms with van der Waals surface area (Å²) in [6.45, 7) is 7.46. The molecule has 1 N–H and O–H groups in total. The van der Waals surface area contributed by atoms with Gasteiger partial charge in [-0.2, -0.15) is 13.2 Å². The molecule has 4 nitrogen and oxygen atoms in total. The van der Waals surface area contributed by atoms with E-state index in [2.05, 4.69) is 9.46 Å². The van der Waals surface area contributed by atoms with Gasteiger partial charge in [-0.15, -0.1) is 0 Å². The van der Waals surface area contributed by atoms with Gasteiger partial charge in [-0.25, -0.2) is 8.93 Å². The van der Waals surface area contributed by atoms with Gasteiger partial charge in [-0.05, 0) is 34.1 Å². The number of ether oxygens (including phenoxy) is 1. The molecule has 0 aromatic carbocycles. The Bertz CT molecular complexity index is 366. The molecule has 0 aromatic heterocycles. The molecule has 8 heteroatoms. The molecule has 120 valence electrons. The second-order valence-corrected chi connectivity index (χ2v) is 7.36. The van der Waals surface area contributed by atoms with Crippen LogP contribution in [0.15, 0.2) is 0 Å². The highest BCUT2D eigenvalue weighted by molar-refractivity contribution is 7.84. The molecule has 0 aliphatic heterocycles. The Morgan fingerprint density at radius 1 is 1.20 bits per heavy atom. The van der Waals surface area contributed by atoms with E-state index in [1.54, 1.807) is 20.8 Å². The number of rotatable bonds is 6. The molecule has 2 atom stereocenters. The second-order valence-electron chi connectivity index (χ2n) is 5.40. The molecule has 20 heavy (non-hydrogen) atoms. The first-order chi connectivity index (χ1) is 8.89.